The summed E-state index contributed by atoms with van der Waals surface area (Å²) in [7, 11) is 0. The van der Waals surface area contributed by atoms with Crippen LogP contribution in [-0.2, 0) is 0 Å². The van der Waals surface area contributed by atoms with Crippen LogP contribution < -0.4 is 9.80 Å². The number of hydrogen-bond acceptors (Lipinski definition) is 2. The number of benzene rings is 13. The zero-order valence-corrected chi connectivity index (χ0v) is 45.1. The second kappa shape index (κ2) is 15.4. The minimum Gasteiger partial charge on any atom is -0.310 e. The maximum absolute atomic E-state index is 2.57. The molecule has 13 aromatic carbocycles. The second-order valence-electron chi connectivity index (χ2n) is 23.2. The topological polar surface area (TPSA) is 24.1 Å². The summed E-state index contributed by atoms with van der Waals surface area (Å²) in [4.78, 5) is 5.03. The van der Waals surface area contributed by atoms with E-state index < -0.39 is 0 Å². The van der Waals surface area contributed by atoms with Gasteiger partial charge in [0.05, 0.1) is 77.6 Å². The van der Waals surface area contributed by atoms with E-state index in [0.717, 1.165) is 34.1 Å². The van der Waals surface area contributed by atoms with E-state index in [1.807, 2.05) is 0 Å². The fourth-order valence-electron chi connectivity index (χ4n) is 16.0. The van der Waals surface area contributed by atoms with Gasteiger partial charge in [-0.25, -0.2) is 0 Å². The lowest BCUT2D eigenvalue weighted by Crippen LogP contribution is -2.10. The highest BCUT2D eigenvalue weighted by molar-refractivity contribution is 6.33. The number of hydrogen-bond donors (Lipinski definition) is 0. The molecule has 0 saturated heterocycles. The fraction of sp³-hybridized carbons (Fsp3) is 0. The Balaban J connectivity index is 0.828. The van der Waals surface area contributed by atoms with Gasteiger partial charge in [0.25, 0.3) is 0 Å². The molecule has 0 unspecified atom stereocenters. The van der Waals surface area contributed by atoms with Crippen molar-refractivity contribution in [3.63, 3.8) is 0 Å². The molecule has 8 aromatic heterocycles. The normalized spacial score (nSPS) is 12.8. The van der Waals surface area contributed by atoms with E-state index in [2.05, 4.69) is 294 Å². The standard InChI is InChI=1S/C78H44N6/c1-3-19-45(20-4-1)79(47-39-59-49-23-7-13-29-63(49)81-64-30-14-8-24-50(64)60(40-47)75(59)81)69-37-35-53-57-43-72-58(44-71(57)83-67-33-17-11-27-55(67)73(69)77(53)83)54-36-38-70(74-56-28-12-18-34-68(56)84(72)78(54)74)80(46-21-5-2-6-22-46)48-41-61-51-25-9-15-31-65(51)82-66-32-16-10-26-52(66)62(42-48)76(61)82/h1-44H. The minimum absolute atomic E-state index is 1.11. The average Bonchev–Trinajstić information content (AvgIpc) is 1.85. The fourth-order valence-corrected chi connectivity index (χ4v) is 16.0. The first-order valence-electron chi connectivity index (χ1n) is 29.1. The van der Waals surface area contributed by atoms with Crippen LogP contribution in [0.5, 0.6) is 0 Å². The summed E-state index contributed by atoms with van der Waals surface area (Å²) in [6.45, 7) is 0. The summed E-state index contributed by atoms with van der Waals surface area (Å²) < 4.78 is 10.1. The monoisotopic (exact) mass is 1060 g/mol. The first-order valence-corrected chi connectivity index (χ1v) is 29.1. The van der Waals surface area contributed by atoms with Crippen LogP contribution in [-0.4, -0.2) is 17.6 Å². The van der Waals surface area contributed by atoms with Gasteiger partial charge in [-0.05, 0) is 109 Å². The third kappa shape index (κ3) is 5.21. The highest BCUT2D eigenvalue weighted by Crippen LogP contribution is 2.53. The van der Waals surface area contributed by atoms with Crippen molar-refractivity contribution >= 4 is 187 Å². The van der Waals surface area contributed by atoms with Gasteiger partial charge in [-0.15, -0.1) is 0 Å². The lowest BCUT2D eigenvalue weighted by atomic mass is 10.0. The van der Waals surface area contributed by atoms with Crippen molar-refractivity contribution < 1.29 is 0 Å². The Morgan fingerprint density at radius 3 is 0.810 bits per heavy atom. The van der Waals surface area contributed by atoms with Crippen LogP contribution in [0, 0.1) is 0 Å². The van der Waals surface area contributed by atoms with Gasteiger partial charge >= 0.3 is 0 Å². The molecule has 0 amide bonds. The zero-order valence-electron chi connectivity index (χ0n) is 45.1. The van der Waals surface area contributed by atoms with Gasteiger partial charge in [0.1, 0.15) is 0 Å². The highest BCUT2D eigenvalue weighted by Gasteiger charge is 2.30. The van der Waals surface area contributed by atoms with Crippen LogP contribution in [0.25, 0.3) is 152 Å². The predicted octanol–water partition coefficient (Wildman–Crippen LogP) is 21.2. The molecule has 0 bridgehead atoms. The summed E-state index contributed by atoms with van der Waals surface area (Å²) in [5.41, 5.74) is 21.6. The molecule has 0 aliphatic heterocycles. The van der Waals surface area contributed by atoms with Crippen molar-refractivity contribution in [2.24, 2.45) is 0 Å². The molecule has 6 heteroatoms. The van der Waals surface area contributed by atoms with Crippen LogP contribution in [0.4, 0.5) is 34.1 Å². The maximum atomic E-state index is 2.57. The number of nitrogens with zero attached hydrogens (tertiary/aromatic N) is 6. The van der Waals surface area contributed by atoms with Crippen molar-refractivity contribution in [1.29, 1.82) is 0 Å². The van der Waals surface area contributed by atoms with Crippen LogP contribution in [0.1, 0.15) is 0 Å². The van der Waals surface area contributed by atoms with Gasteiger partial charge in [-0.1, -0.05) is 158 Å². The number of para-hydroxylation sites is 8. The summed E-state index contributed by atoms with van der Waals surface area (Å²) in [5, 5.41) is 20.0. The molecule has 21 aromatic rings. The molecule has 21 rings (SSSR count). The molecule has 0 aliphatic rings. The lowest BCUT2D eigenvalue weighted by Gasteiger charge is -2.27. The van der Waals surface area contributed by atoms with E-state index in [0.29, 0.717) is 0 Å². The number of fused-ring (bicyclic) bond motifs is 24. The number of anilines is 6. The zero-order chi connectivity index (χ0) is 54.2. The molecule has 386 valence electrons. The van der Waals surface area contributed by atoms with Gasteiger partial charge in [0, 0.05) is 109 Å². The van der Waals surface area contributed by atoms with Gasteiger partial charge < -0.3 is 27.4 Å². The quantitative estimate of drug-likeness (QED) is 0.166. The van der Waals surface area contributed by atoms with Gasteiger partial charge in [0.2, 0.25) is 0 Å². The Morgan fingerprint density at radius 2 is 0.464 bits per heavy atom. The van der Waals surface area contributed by atoms with Gasteiger partial charge in [0.15, 0.2) is 0 Å². The summed E-state index contributed by atoms with van der Waals surface area (Å²) in [6.07, 6.45) is 0. The molecule has 0 N–H and O–H groups in total. The third-order valence-electron chi connectivity index (χ3n) is 19.2. The first kappa shape index (κ1) is 43.5. The van der Waals surface area contributed by atoms with Crippen molar-refractivity contribution in [2.45, 2.75) is 0 Å². The molecule has 8 heterocycles. The number of rotatable bonds is 6. The smallest absolute Gasteiger partial charge is 0.0641 e. The average molecular weight is 1070 g/mol. The molecule has 84 heavy (non-hydrogen) atoms. The second-order valence-corrected chi connectivity index (χ2v) is 23.2. The molecule has 0 atom stereocenters. The van der Waals surface area contributed by atoms with Crippen molar-refractivity contribution in [2.75, 3.05) is 9.80 Å². The molecule has 0 spiro atoms. The van der Waals surface area contributed by atoms with Crippen LogP contribution in [0.3, 0.4) is 0 Å². The summed E-state index contributed by atoms with van der Waals surface area (Å²) in [6, 6.07) is 100.0. The van der Waals surface area contributed by atoms with E-state index in [1.165, 1.54) is 152 Å². The Morgan fingerprint density at radius 1 is 0.179 bits per heavy atom. The molecule has 0 fully saturated rings. The van der Waals surface area contributed by atoms with Gasteiger partial charge in [-0.2, -0.15) is 0 Å². The molecule has 0 aliphatic carbocycles. The molecule has 0 saturated carbocycles. The Bertz CT molecular complexity index is 5800. The van der Waals surface area contributed by atoms with E-state index in [1.54, 1.807) is 0 Å². The van der Waals surface area contributed by atoms with Crippen molar-refractivity contribution in [3.05, 3.63) is 267 Å². The molecule has 0 radical (unpaired) electrons. The van der Waals surface area contributed by atoms with Gasteiger partial charge in [-0.3, -0.25) is 0 Å². The summed E-state index contributed by atoms with van der Waals surface area (Å²) >= 11 is 0. The Labute approximate surface area is 478 Å². The lowest BCUT2D eigenvalue weighted by molar-refractivity contribution is 1.31. The molecule has 6 nitrogen and oxygen atoms in total. The third-order valence-corrected chi connectivity index (χ3v) is 19.2. The minimum atomic E-state index is 1.11. The van der Waals surface area contributed by atoms with Crippen LogP contribution in [0.15, 0.2) is 267 Å². The van der Waals surface area contributed by atoms with E-state index in [9.17, 15) is 0 Å². The van der Waals surface area contributed by atoms with Crippen LogP contribution >= 0.6 is 0 Å². The summed E-state index contributed by atoms with van der Waals surface area (Å²) in [5.74, 6) is 0. The first-order chi connectivity index (χ1) is 41.7. The number of aromatic nitrogens is 4. The Kier molecular flexibility index (Phi) is 7.94. The van der Waals surface area contributed by atoms with E-state index in [-0.39, 0.29) is 0 Å². The predicted molar refractivity (Wildman–Crippen MR) is 354 cm³/mol. The van der Waals surface area contributed by atoms with E-state index >= 15 is 0 Å². The largest absolute Gasteiger partial charge is 0.310 e. The maximum Gasteiger partial charge on any atom is 0.0641 e. The highest BCUT2D eigenvalue weighted by atomic mass is 15.2. The SMILES string of the molecule is c1ccc(N(c2cc3c4ccccc4n4c5ccccc5c(c2)c34)c2ccc3c4cc5c(cc4n4c6ccccc6c2c34)c2ccc(N(c3ccccc3)c3cc4c6ccccc6n6c7ccccc7c(c3)c46)c3c4ccccc4n5c23)cc1. The molecular weight excluding hydrogens is 1020 g/mol. The van der Waals surface area contributed by atoms with Crippen molar-refractivity contribution in [3.8, 4) is 0 Å². The molecular formula is C78H44N6. The Hall–Kier alpha value is -11.3. The van der Waals surface area contributed by atoms with E-state index in [4.69, 9.17) is 0 Å². The van der Waals surface area contributed by atoms with Crippen molar-refractivity contribution in [1.82, 2.24) is 17.6 Å². The van der Waals surface area contributed by atoms with Crippen LogP contribution in [0.2, 0.25) is 0 Å².